The number of methoxy groups -OCH3 is 1. The molecule has 3 aromatic carbocycles. The van der Waals surface area contributed by atoms with Gasteiger partial charge >= 0.3 is 0 Å². The summed E-state index contributed by atoms with van der Waals surface area (Å²) in [7, 11) is -6.14. The van der Waals surface area contributed by atoms with Gasteiger partial charge in [-0.3, -0.25) is 9.10 Å². The van der Waals surface area contributed by atoms with Crippen LogP contribution in [0, 0.1) is 6.92 Å². The number of aryl methyl sites for hydroxylation is 1. The summed E-state index contributed by atoms with van der Waals surface area (Å²) in [6.07, 6.45) is -1.10. The van der Waals surface area contributed by atoms with Crippen LogP contribution in [0.1, 0.15) is 5.56 Å². The van der Waals surface area contributed by atoms with Crippen molar-refractivity contribution in [2.75, 3.05) is 57.4 Å². The van der Waals surface area contributed by atoms with Gasteiger partial charge in [-0.2, -0.15) is 4.31 Å². The van der Waals surface area contributed by atoms with Crippen LogP contribution >= 0.6 is 0 Å². The van der Waals surface area contributed by atoms with Gasteiger partial charge in [-0.15, -0.1) is 0 Å². The smallest absolute Gasteiger partial charge is 0.264 e. The SMILES string of the molecule is COc1ccc(S(=O)(=O)N2C[C@@H](C(=O)NCCOc3ccc(S(=O)(=O)N4CCOCC4)cc3)Oc3cc(C)ccc32)cc1. The van der Waals surface area contributed by atoms with E-state index in [-0.39, 0.29) is 35.2 Å². The number of fused-ring (bicyclic) bond motifs is 1. The second-order valence-corrected chi connectivity index (χ2v) is 13.7. The summed E-state index contributed by atoms with van der Waals surface area (Å²) in [5, 5.41) is 2.73. The largest absolute Gasteiger partial charge is 0.497 e. The Morgan fingerprint density at radius 1 is 0.907 bits per heavy atom. The second kappa shape index (κ2) is 12.8. The van der Waals surface area contributed by atoms with Crippen LogP contribution in [0.4, 0.5) is 5.69 Å². The molecule has 43 heavy (non-hydrogen) atoms. The number of amides is 1. The van der Waals surface area contributed by atoms with Gasteiger partial charge in [-0.1, -0.05) is 6.07 Å². The number of anilines is 1. The molecule has 2 aliphatic heterocycles. The summed E-state index contributed by atoms with van der Waals surface area (Å²) in [6.45, 7) is 3.16. The predicted molar refractivity (Wildman–Crippen MR) is 158 cm³/mol. The van der Waals surface area contributed by atoms with E-state index < -0.39 is 32.1 Å². The Hall–Kier alpha value is -3.85. The van der Waals surface area contributed by atoms with Crippen LogP contribution in [-0.4, -0.2) is 86.3 Å². The van der Waals surface area contributed by atoms with Crippen molar-refractivity contribution in [1.29, 1.82) is 0 Å². The molecule has 230 valence electrons. The highest BCUT2D eigenvalue weighted by Crippen LogP contribution is 2.38. The first-order valence-corrected chi connectivity index (χ1v) is 16.5. The fourth-order valence-electron chi connectivity index (χ4n) is 4.70. The fourth-order valence-corrected chi connectivity index (χ4v) is 7.58. The molecule has 14 heteroatoms. The number of hydrogen-bond donors (Lipinski definition) is 1. The molecule has 1 N–H and O–H groups in total. The number of hydrogen-bond acceptors (Lipinski definition) is 9. The minimum absolute atomic E-state index is 0.0537. The summed E-state index contributed by atoms with van der Waals surface area (Å²) in [4.78, 5) is 13.3. The van der Waals surface area contributed by atoms with E-state index in [4.69, 9.17) is 18.9 Å². The van der Waals surface area contributed by atoms with E-state index in [1.54, 1.807) is 42.5 Å². The van der Waals surface area contributed by atoms with Crippen LogP contribution in [0.5, 0.6) is 17.2 Å². The van der Waals surface area contributed by atoms with E-state index in [2.05, 4.69) is 5.32 Å². The molecular formula is C29H33N3O9S2. The number of nitrogens with zero attached hydrogens (tertiary/aromatic N) is 2. The molecule has 0 aromatic heterocycles. The Bertz CT molecular complexity index is 1660. The van der Waals surface area contributed by atoms with E-state index >= 15 is 0 Å². The van der Waals surface area contributed by atoms with Gasteiger partial charge in [0.15, 0.2) is 6.10 Å². The fraction of sp³-hybridized carbons (Fsp3) is 0.345. The number of carbonyl (C=O) groups excluding carboxylic acids is 1. The highest BCUT2D eigenvalue weighted by atomic mass is 32.2. The summed E-state index contributed by atoms with van der Waals surface area (Å²) in [5.74, 6) is 0.736. The quantitative estimate of drug-likeness (QED) is 0.334. The zero-order valence-corrected chi connectivity index (χ0v) is 25.4. The zero-order chi connectivity index (χ0) is 30.6. The number of carbonyl (C=O) groups is 1. The van der Waals surface area contributed by atoms with Gasteiger partial charge in [0.05, 0.1) is 48.9 Å². The molecule has 0 saturated carbocycles. The predicted octanol–water partition coefficient (Wildman–Crippen LogP) is 2.18. The van der Waals surface area contributed by atoms with E-state index in [0.717, 1.165) is 5.56 Å². The van der Waals surface area contributed by atoms with Gasteiger partial charge in [0.1, 0.15) is 23.9 Å². The topological polar surface area (TPSA) is 141 Å². The van der Waals surface area contributed by atoms with E-state index in [0.29, 0.717) is 43.5 Å². The van der Waals surface area contributed by atoms with Gasteiger partial charge in [0.2, 0.25) is 10.0 Å². The lowest BCUT2D eigenvalue weighted by atomic mass is 10.1. The van der Waals surface area contributed by atoms with Crippen LogP contribution in [0.2, 0.25) is 0 Å². The highest BCUT2D eigenvalue weighted by Gasteiger charge is 2.37. The van der Waals surface area contributed by atoms with Crippen LogP contribution in [0.25, 0.3) is 0 Å². The monoisotopic (exact) mass is 631 g/mol. The Kier molecular flexibility index (Phi) is 9.11. The van der Waals surface area contributed by atoms with Crippen molar-refractivity contribution in [2.24, 2.45) is 0 Å². The zero-order valence-electron chi connectivity index (χ0n) is 23.8. The van der Waals surface area contributed by atoms with Gasteiger partial charge in [0.25, 0.3) is 15.9 Å². The summed E-state index contributed by atoms with van der Waals surface area (Å²) < 4.78 is 77.4. The van der Waals surface area contributed by atoms with Crippen LogP contribution in [-0.2, 0) is 29.6 Å². The molecule has 2 heterocycles. The van der Waals surface area contributed by atoms with Crippen LogP contribution in [0.15, 0.2) is 76.5 Å². The maximum Gasteiger partial charge on any atom is 0.264 e. The molecule has 1 amide bonds. The minimum Gasteiger partial charge on any atom is -0.497 e. The lowest BCUT2D eigenvalue weighted by molar-refractivity contribution is -0.127. The normalized spacial score (nSPS) is 17.4. The van der Waals surface area contributed by atoms with Crippen molar-refractivity contribution in [3.05, 3.63) is 72.3 Å². The van der Waals surface area contributed by atoms with E-state index in [1.165, 1.54) is 40.0 Å². The molecule has 3 aromatic rings. The van der Waals surface area contributed by atoms with Gasteiger partial charge < -0.3 is 24.3 Å². The molecule has 2 aliphatic rings. The molecule has 0 aliphatic carbocycles. The summed E-state index contributed by atoms with van der Waals surface area (Å²) >= 11 is 0. The van der Waals surface area contributed by atoms with Crippen LogP contribution in [0.3, 0.4) is 0 Å². The van der Waals surface area contributed by atoms with Crippen molar-refractivity contribution in [3.63, 3.8) is 0 Å². The van der Waals surface area contributed by atoms with Crippen molar-refractivity contribution in [3.8, 4) is 17.2 Å². The first-order chi connectivity index (χ1) is 20.6. The lowest BCUT2D eigenvalue weighted by Crippen LogP contribution is -2.51. The third kappa shape index (κ3) is 6.72. The van der Waals surface area contributed by atoms with Gasteiger partial charge in [0, 0.05) is 13.1 Å². The Morgan fingerprint density at radius 2 is 1.53 bits per heavy atom. The van der Waals surface area contributed by atoms with Crippen LogP contribution < -0.4 is 23.8 Å². The molecule has 1 saturated heterocycles. The summed E-state index contributed by atoms with van der Waals surface area (Å²) in [6, 6.07) is 17.2. The molecule has 1 atom stereocenters. The Labute approximate surface area is 251 Å². The first kappa shape index (κ1) is 30.6. The maximum absolute atomic E-state index is 13.6. The maximum atomic E-state index is 13.6. The second-order valence-electron chi connectivity index (χ2n) is 9.92. The molecule has 1 fully saturated rings. The van der Waals surface area contributed by atoms with Gasteiger partial charge in [-0.05, 0) is 73.2 Å². The number of nitrogens with one attached hydrogen (secondary N) is 1. The van der Waals surface area contributed by atoms with Crippen molar-refractivity contribution >= 4 is 31.6 Å². The molecule has 0 radical (unpaired) electrons. The Balaban J connectivity index is 1.21. The number of ether oxygens (including phenoxy) is 4. The molecular weight excluding hydrogens is 598 g/mol. The summed E-state index contributed by atoms with van der Waals surface area (Å²) in [5.41, 5.74) is 1.19. The first-order valence-electron chi connectivity index (χ1n) is 13.6. The van der Waals surface area contributed by atoms with E-state index in [9.17, 15) is 21.6 Å². The highest BCUT2D eigenvalue weighted by molar-refractivity contribution is 7.92. The number of benzene rings is 3. The van der Waals surface area contributed by atoms with Crippen molar-refractivity contribution in [1.82, 2.24) is 9.62 Å². The molecule has 0 unspecified atom stereocenters. The standard InChI is InChI=1S/C29H33N3O9S2/c1-21-3-12-26-27(19-21)41-28(20-32(26)43(36,37)25-8-4-22(38-2)5-9-25)29(33)30-13-16-40-23-6-10-24(11-7-23)42(34,35)31-14-17-39-18-15-31/h3-12,19,28H,13-18,20H2,1-2H3,(H,30,33)/t28-/m0/s1. The number of sulfonamides is 2. The van der Waals surface area contributed by atoms with E-state index in [1.807, 2.05) is 6.92 Å². The average Bonchev–Trinajstić information content (AvgIpc) is 3.03. The minimum atomic E-state index is -4.02. The molecule has 12 nitrogen and oxygen atoms in total. The third-order valence-corrected chi connectivity index (χ3v) is 10.7. The Morgan fingerprint density at radius 3 is 2.19 bits per heavy atom. The van der Waals surface area contributed by atoms with Crippen molar-refractivity contribution < 1.29 is 40.6 Å². The average molecular weight is 632 g/mol. The molecule has 0 bridgehead atoms. The molecule has 0 spiro atoms. The number of rotatable bonds is 10. The van der Waals surface area contributed by atoms with Crippen molar-refractivity contribution in [2.45, 2.75) is 22.8 Å². The third-order valence-electron chi connectivity index (χ3n) is 7.03. The molecule has 5 rings (SSSR count). The lowest BCUT2D eigenvalue weighted by Gasteiger charge is -2.35. The number of morpholine rings is 1. The van der Waals surface area contributed by atoms with Gasteiger partial charge in [-0.25, -0.2) is 16.8 Å².